The summed E-state index contributed by atoms with van der Waals surface area (Å²) in [6.45, 7) is 7.12. The van der Waals surface area contributed by atoms with Crippen LogP contribution < -0.4 is 0 Å². The van der Waals surface area contributed by atoms with E-state index in [1.807, 2.05) is 0 Å². The molecule has 0 bridgehead atoms. The van der Waals surface area contributed by atoms with Crippen LogP contribution in [0, 0.1) is 0 Å². The van der Waals surface area contributed by atoms with Gasteiger partial charge in [0, 0.05) is 5.82 Å². The van der Waals surface area contributed by atoms with E-state index >= 15 is 0 Å². The molecule has 0 aliphatic rings. The quantitative estimate of drug-likeness (QED) is 0.562. The number of rotatable bonds is 1. The summed E-state index contributed by atoms with van der Waals surface area (Å²) in [7, 11) is -3.88. The average Bonchev–Trinajstić information content (AvgIpc) is 1.67. The lowest BCUT2D eigenvalue weighted by molar-refractivity contribution is 0.386. The molecule has 0 saturated heterocycles. The van der Waals surface area contributed by atoms with Gasteiger partial charge < -0.3 is 9.79 Å². The van der Waals surface area contributed by atoms with Crippen molar-refractivity contribution in [3.05, 3.63) is 12.4 Å². The first-order valence-corrected chi connectivity index (χ1v) is 4.34. The Balaban J connectivity index is 0. The molecule has 9 heavy (non-hydrogen) atoms. The van der Waals surface area contributed by atoms with E-state index in [4.69, 9.17) is 9.79 Å². The second-order valence-electron chi connectivity index (χ2n) is 1.48. The molecule has 2 N–H and O–H groups in total. The zero-order valence-corrected chi connectivity index (χ0v) is 6.64. The summed E-state index contributed by atoms with van der Waals surface area (Å²) in [6, 6.07) is 0. The van der Waals surface area contributed by atoms with Gasteiger partial charge >= 0.3 is 7.60 Å². The van der Waals surface area contributed by atoms with E-state index in [2.05, 4.69) is 20.4 Å². The van der Waals surface area contributed by atoms with Crippen LogP contribution in [0.4, 0.5) is 0 Å². The van der Waals surface area contributed by atoms with Gasteiger partial charge in [-0.25, -0.2) is 0 Å². The molecule has 56 valence electrons. The second-order valence-corrected chi connectivity index (χ2v) is 3.02. The monoisotopic (exact) mass is 152 g/mol. The van der Waals surface area contributed by atoms with E-state index in [0.29, 0.717) is 5.82 Å². The van der Waals surface area contributed by atoms with Crippen LogP contribution in [0.15, 0.2) is 12.4 Å². The molecule has 0 atom stereocenters. The van der Waals surface area contributed by atoms with Crippen LogP contribution in [0.3, 0.4) is 0 Å². The normalized spacial score (nSPS) is 9.33. The van der Waals surface area contributed by atoms with E-state index in [9.17, 15) is 4.57 Å². The maximum atomic E-state index is 9.58. The lowest BCUT2D eigenvalue weighted by Crippen LogP contribution is -1.63. The average molecular weight is 152 g/mol. The van der Waals surface area contributed by atoms with Gasteiger partial charge in [0.1, 0.15) is 0 Å². The lowest BCUT2D eigenvalue weighted by atomic mass is 10.6. The maximum absolute atomic E-state index is 9.58. The molecular weight excluding hydrogens is 139 g/mol. The molecule has 0 rings (SSSR count). The van der Waals surface area contributed by atoms with Crippen molar-refractivity contribution in [1.82, 2.24) is 0 Å². The summed E-state index contributed by atoms with van der Waals surface area (Å²) in [5, 5.41) is 0. The van der Waals surface area contributed by atoms with Crippen molar-refractivity contribution in [2.24, 2.45) is 0 Å². The van der Waals surface area contributed by atoms with E-state index in [0.717, 1.165) is 0 Å². The van der Waals surface area contributed by atoms with Gasteiger partial charge in [0.2, 0.25) is 0 Å². The molecule has 0 aromatic carbocycles. The maximum Gasteiger partial charge on any atom is 0.348 e. The molecule has 0 radical (unpaired) electrons. The fourth-order valence-electron chi connectivity index (χ4n) is 0. The smallest absolute Gasteiger partial charge is 0.321 e. The minimum Gasteiger partial charge on any atom is -0.321 e. The zero-order valence-electron chi connectivity index (χ0n) is 5.74. The SMILES string of the molecule is C=CP(=O)(O)O.CCC. The van der Waals surface area contributed by atoms with Crippen molar-refractivity contribution < 1.29 is 14.4 Å². The zero-order chi connectivity index (χ0) is 7.91. The molecule has 0 aromatic heterocycles. The first-order valence-electron chi connectivity index (χ1n) is 2.66. The van der Waals surface area contributed by atoms with Gasteiger partial charge in [0.15, 0.2) is 0 Å². The highest BCUT2D eigenvalue weighted by molar-refractivity contribution is 7.55. The standard InChI is InChI=1S/C3H8.C2H5O3P/c1-3-2;1-2-6(3,4)5/h3H2,1-2H3;2H,1H2,(H2,3,4,5). The van der Waals surface area contributed by atoms with Crippen LogP contribution in [0.5, 0.6) is 0 Å². The molecule has 0 heterocycles. The third kappa shape index (κ3) is 32.8. The number of hydrogen-bond acceptors (Lipinski definition) is 1. The molecule has 3 nitrogen and oxygen atoms in total. The van der Waals surface area contributed by atoms with Crippen molar-refractivity contribution in [2.75, 3.05) is 0 Å². The summed E-state index contributed by atoms with van der Waals surface area (Å²) in [6.07, 6.45) is 1.25. The van der Waals surface area contributed by atoms with E-state index in [1.54, 1.807) is 0 Å². The fraction of sp³-hybridized carbons (Fsp3) is 0.600. The van der Waals surface area contributed by atoms with Gasteiger partial charge in [-0.1, -0.05) is 26.8 Å². The summed E-state index contributed by atoms with van der Waals surface area (Å²) < 4.78 is 9.58. The topological polar surface area (TPSA) is 57.5 Å². The van der Waals surface area contributed by atoms with Crippen LogP contribution in [0.1, 0.15) is 20.3 Å². The highest BCUT2D eigenvalue weighted by Crippen LogP contribution is 2.34. The highest BCUT2D eigenvalue weighted by Gasteiger charge is 2.00. The molecule has 4 heteroatoms. The molecule has 0 aromatic rings. The van der Waals surface area contributed by atoms with E-state index in [1.165, 1.54) is 6.42 Å². The van der Waals surface area contributed by atoms with Crippen molar-refractivity contribution >= 4 is 7.60 Å². The van der Waals surface area contributed by atoms with Crippen LogP contribution in [-0.2, 0) is 4.57 Å². The van der Waals surface area contributed by atoms with E-state index < -0.39 is 7.60 Å². The Morgan fingerprint density at radius 3 is 1.67 bits per heavy atom. The van der Waals surface area contributed by atoms with Gasteiger partial charge in [-0.05, 0) is 0 Å². The molecule has 0 spiro atoms. The lowest BCUT2D eigenvalue weighted by Gasteiger charge is -1.87. The van der Waals surface area contributed by atoms with Gasteiger partial charge in [-0.2, -0.15) is 0 Å². The van der Waals surface area contributed by atoms with Crippen molar-refractivity contribution in [2.45, 2.75) is 20.3 Å². The summed E-state index contributed by atoms with van der Waals surface area (Å²) in [5.41, 5.74) is 0. The Hall–Kier alpha value is -0.110. The highest BCUT2D eigenvalue weighted by atomic mass is 31.2. The molecule has 0 amide bonds. The van der Waals surface area contributed by atoms with Gasteiger partial charge in [-0.15, -0.1) is 0 Å². The summed E-state index contributed by atoms with van der Waals surface area (Å²) in [4.78, 5) is 15.6. The van der Waals surface area contributed by atoms with Crippen LogP contribution in [0.2, 0.25) is 0 Å². The van der Waals surface area contributed by atoms with Crippen molar-refractivity contribution in [3.8, 4) is 0 Å². The van der Waals surface area contributed by atoms with Crippen molar-refractivity contribution in [3.63, 3.8) is 0 Å². The predicted octanol–water partition coefficient (Wildman–Crippen LogP) is 1.72. The Morgan fingerprint density at radius 1 is 1.56 bits per heavy atom. The van der Waals surface area contributed by atoms with Gasteiger partial charge in [0.25, 0.3) is 0 Å². The Labute approximate surface area is 55.6 Å². The molecular formula is C5H13O3P. The molecule has 0 saturated carbocycles. The minimum absolute atomic E-state index is 0.604. The molecule has 0 fully saturated rings. The van der Waals surface area contributed by atoms with Crippen LogP contribution >= 0.6 is 7.60 Å². The first kappa shape index (κ1) is 11.7. The van der Waals surface area contributed by atoms with Crippen LogP contribution in [-0.4, -0.2) is 9.79 Å². The van der Waals surface area contributed by atoms with E-state index in [-0.39, 0.29) is 0 Å². The first-order chi connectivity index (χ1) is 3.97. The molecule has 0 unspecified atom stereocenters. The largest absolute Gasteiger partial charge is 0.348 e. The fourth-order valence-corrected chi connectivity index (χ4v) is 0. The Bertz CT molecular complexity index is 105. The summed E-state index contributed by atoms with van der Waals surface area (Å²) >= 11 is 0. The van der Waals surface area contributed by atoms with Gasteiger partial charge in [0.05, 0.1) is 0 Å². The number of hydrogen-bond donors (Lipinski definition) is 2. The molecule has 0 aliphatic carbocycles. The molecule has 0 aliphatic heterocycles. The Kier molecular flexibility index (Phi) is 7.79. The Morgan fingerprint density at radius 2 is 1.67 bits per heavy atom. The third-order valence-corrected chi connectivity index (χ3v) is 0.714. The minimum atomic E-state index is -3.88. The predicted molar refractivity (Wildman–Crippen MR) is 38.2 cm³/mol. The van der Waals surface area contributed by atoms with Crippen molar-refractivity contribution in [1.29, 1.82) is 0 Å². The third-order valence-electron chi connectivity index (χ3n) is 0.238. The van der Waals surface area contributed by atoms with Crippen LogP contribution in [0.25, 0.3) is 0 Å². The van der Waals surface area contributed by atoms with Gasteiger partial charge in [-0.3, -0.25) is 4.57 Å². The second kappa shape index (κ2) is 6.02. The summed E-state index contributed by atoms with van der Waals surface area (Å²) in [5.74, 6) is 0.604.